The summed E-state index contributed by atoms with van der Waals surface area (Å²) in [5, 5.41) is 10.3. The van der Waals surface area contributed by atoms with Crippen molar-refractivity contribution in [1.29, 1.82) is 0 Å². The van der Waals surface area contributed by atoms with Crippen LogP contribution in [-0.4, -0.2) is 26.6 Å². The Morgan fingerprint density at radius 1 is 1.23 bits per heavy atom. The summed E-state index contributed by atoms with van der Waals surface area (Å²) in [6.45, 7) is 3.58. The molecule has 1 atom stereocenters. The third-order valence-electron chi connectivity index (χ3n) is 5.34. The first-order chi connectivity index (χ1) is 14.8. The van der Waals surface area contributed by atoms with Gasteiger partial charge in [0.1, 0.15) is 0 Å². The Morgan fingerprint density at radius 2 is 2.03 bits per heavy atom. The molecule has 1 amide bonds. The Morgan fingerprint density at radius 3 is 2.71 bits per heavy atom. The number of hydrogen-bond acceptors (Lipinski definition) is 4. The number of amides is 1. The van der Waals surface area contributed by atoms with Crippen molar-refractivity contribution in [1.82, 2.24) is 15.0 Å². The molecule has 3 aromatic rings. The van der Waals surface area contributed by atoms with Crippen LogP contribution < -0.4 is 5.32 Å². The molecule has 31 heavy (non-hydrogen) atoms. The van der Waals surface area contributed by atoms with Crippen LogP contribution >= 0.6 is 0 Å². The summed E-state index contributed by atoms with van der Waals surface area (Å²) in [6, 6.07) is 9.69. The molecule has 2 aromatic carbocycles. The molecule has 0 bridgehead atoms. The smallest absolute Gasteiger partial charge is 0.324 e. The van der Waals surface area contributed by atoms with E-state index in [0.717, 1.165) is 11.8 Å². The topological polar surface area (TPSA) is 72.2 Å². The number of alkyl halides is 3. The van der Waals surface area contributed by atoms with Gasteiger partial charge in [0.15, 0.2) is 0 Å². The van der Waals surface area contributed by atoms with Gasteiger partial charge >= 0.3 is 6.18 Å². The fourth-order valence-electron chi connectivity index (χ4n) is 3.54. The van der Waals surface area contributed by atoms with E-state index in [9.17, 15) is 18.0 Å². The Hall–Kier alpha value is -3.49. The molecule has 1 aromatic heterocycles. The standard InChI is InChI=1S/C22H20F3N5O/c1-3-13(2)16-10-19-20(11-17(16)22(23,24)25)28-21(31)12-18(27-19)14-5-4-6-15(9-14)30-8-7-26-29-30/h4-11,13H,3,12H2,1-2H3,(H,28,31). The van der Waals surface area contributed by atoms with Crippen LogP contribution in [0.4, 0.5) is 24.5 Å². The van der Waals surface area contributed by atoms with Crippen molar-refractivity contribution in [3.63, 3.8) is 0 Å². The van der Waals surface area contributed by atoms with Crippen molar-refractivity contribution in [2.75, 3.05) is 5.32 Å². The minimum atomic E-state index is -4.52. The highest BCUT2D eigenvalue weighted by Gasteiger charge is 2.36. The highest BCUT2D eigenvalue weighted by molar-refractivity contribution is 6.17. The highest BCUT2D eigenvalue weighted by Crippen LogP contribution is 2.42. The van der Waals surface area contributed by atoms with Gasteiger partial charge in [0, 0.05) is 0 Å². The zero-order valence-electron chi connectivity index (χ0n) is 16.9. The Balaban J connectivity index is 1.84. The van der Waals surface area contributed by atoms with Crippen LogP contribution in [-0.2, 0) is 11.0 Å². The molecule has 1 aliphatic rings. The molecular formula is C22H20F3N5O. The number of nitrogens with zero attached hydrogens (tertiary/aromatic N) is 4. The Kier molecular flexibility index (Phi) is 5.34. The van der Waals surface area contributed by atoms with Gasteiger partial charge in [0.2, 0.25) is 5.91 Å². The van der Waals surface area contributed by atoms with Crippen molar-refractivity contribution in [2.45, 2.75) is 38.8 Å². The van der Waals surface area contributed by atoms with Crippen molar-refractivity contribution in [3.05, 3.63) is 65.5 Å². The number of anilines is 1. The molecule has 1 N–H and O–H groups in total. The summed E-state index contributed by atoms with van der Waals surface area (Å²) in [5.41, 5.74) is 1.68. The van der Waals surface area contributed by atoms with E-state index in [4.69, 9.17) is 0 Å². The molecule has 4 rings (SSSR count). The fourth-order valence-corrected chi connectivity index (χ4v) is 3.54. The van der Waals surface area contributed by atoms with E-state index in [2.05, 4.69) is 20.6 Å². The molecule has 1 aliphatic heterocycles. The van der Waals surface area contributed by atoms with E-state index in [-0.39, 0.29) is 23.6 Å². The predicted molar refractivity (Wildman–Crippen MR) is 111 cm³/mol. The lowest BCUT2D eigenvalue weighted by Gasteiger charge is -2.19. The molecule has 0 fully saturated rings. The molecule has 0 saturated heterocycles. The first kappa shape index (κ1) is 20.8. The SMILES string of the molecule is CCC(C)c1cc2c(cc1C(F)(F)F)NC(=O)CC(c1cccc(-n3ccnn3)c1)=N2. The number of aliphatic imine (C=N–C) groups is 1. The molecule has 2 heterocycles. The predicted octanol–water partition coefficient (Wildman–Crippen LogP) is 5.26. The largest absolute Gasteiger partial charge is 0.416 e. The van der Waals surface area contributed by atoms with Crippen LogP contribution in [0.25, 0.3) is 5.69 Å². The van der Waals surface area contributed by atoms with Gasteiger partial charge in [-0.1, -0.05) is 31.2 Å². The number of hydrogen-bond donors (Lipinski definition) is 1. The van der Waals surface area contributed by atoms with E-state index < -0.39 is 17.6 Å². The Bertz CT molecular complexity index is 1150. The number of carbonyl (C=O) groups is 1. The molecule has 0 radical (unpaired) electrons. The maximum atomic E-state index is 13.7. The highest BCUT2D eigenvalue weighted by atomic mass is 19.4. The minimum absolute atomic E-state index is 0.0600. The summed E-state index contributed by atoms with van der Waals surface area (Å²) in [5.74, 6) is -0.733. The number of carbonyl (C=O) groups excluding carboxylic acids is 1. The van der Waals surface area contributed by atoms with Crippen LogP contribution in [0.2, 0.25) is 0 Å². The average molecular weight is 427 g/mol. The lowest BCUT2D eigenvalue weighted by molar-refractivity contribution is -0.138. The monoisotopic (exact) mass is 427 g/mol. The van der Waals surface area contributed by atoms with Gasteiger partial charge in [-0.3, -0.25) is 9.79 Å². The third kappa shape index (κ3) is 4.21. The van der Waals surface area contributed by atoms with Crippen LogP contribution in [0, 0.1) is 0 Å². The maximum absolute atomic E-state index is 13.7. The Labute approximate surface area is 176 Å². The number of halogens is 3. The quantitative estimate of drug-likeness (QED) is 0.617. The molecule has 1 unspecified atom stereocenters. The molecule has 0 aliphatic carbocycles. The fraction of sp³-hybridized carbons (Fsp3) is 0.273. The number of fused-ring (bicyclic) bond motifs is 1. The molecule has 0 saturated carbocycles. The number of benzene rings is 2. The molecule has 160 valence electrons. The lowest BCUT2D eigenvalue weighted by Crippen LogP contribution is -2.16. The zero-order valence-corrected chi connectivity index (χ0v) is 16.9. The van der Waals surface area contributed by atoms with Crippen LogP contribution in [0.1, 0.15) is 49.3 Å². The van der Waals surface area contributed by atoms with Gasteiger partial charge in [-0.25, -0.2) is 4.68 Å². The van der Waals surface area contributed by atoms with Crippen LogP contribution in [0.15, 0.2) is 53.8 Å². The number of rotatable bonds is 4. The number of aromatic nitrogens is 3. The van der Waals surface area contributed by atoms with Gasteiger partial charge in [0.05, 0.1) is 47.2 Å². The number of nitrogens with one attached hydrogen (secondary N) is 1. The van der Waals surface area contributed by atoms with Gasteiger partial charge in [-0.15, -0.1) is 5.10 Å². The summed E-state index contributed by atoms with van der Waals surface area (Å²) in [7, 11) is 0. The van der Waals surface area contributed by atoms with E-state index in [1.807, 2.05) is 19.1 Å². The summed E-state index contributed by atoms with van der Waals surface area (Å²) in [4.78, 5) is 17.1. The minimum Gasteiger partial charge on any atom is -0.324 e. The van der Waals surface area contributed by atoms with Crippen molar-refractivity contribution < 1.29 is 18.0 Å². The van der Waals surface area contributed by atoms with E-state index >= 15 is 0 Å². The molecule has 9 heteroatoms. The normalized spacial score (nSPS) is 15.0. The van der Waals surface area contributed by atoms with Gasteiger partial charge in [-0.2, -0.15) is 13.2 Å². The molecule has 0 spiro atoms. The third-order valence-corrected chi connectivity index (χ3v) is 5.34. The first-order valence-corrected chi connectivity index (χ1v) is 9.86. The maximum Gasteiger partial charge on any atom is 0.416 e. The summed E-state index contributed by atoms with van der Waals surface area (Å²) >= 11 is 0. The molecular weight excluding hydrogens is 407 g/mol. The zero-order chi connectivity index (χ0) is 22.2. The summed E-state index contributed by atoms with van der Waals surface area (Å²) < 4.78 is 42.6. The van der Waals surface area contributed by atoms with Gasteiger partial charge < -0.3 is 5.32 Å². The average Bonchev–Trinajstić information content (AvgIpc) is 3.22. The van der Waals surface area contributed by atoms with Crippen molar-refractivity contribution >= 4 is 23.0 Å². The van der Waals surface area contributed by atoms with Crippen molar-refractivity contribution in [2.24, 2.45) is 4.99 Å². The lowest BCUT2D eigenvalue weighted by atomic mass is 9.92. The second-order valence-electron chi connectivity index (χ2n) is 7.45. The van der Waals surface area contributed by atoms with Crippen LogP contribution in [0.5, 0.6) is 0 Å². The second kappa shape index (κ2) is 7.98. The van der Waals surface area contributed by atoms with Crippen LogP contribution in [0.3, 0.4) is 0 Å². The van der Waals surface area contributed by atoms with E-state index in [1.54, 1.807) is 36.1 Å². The van der Waals surface area contributed by atoms with E-state index in [0.29, 0.717) is 23.4 Å². The van der Waals surface area contributed by atoms with E-state index in [1.165, 1.54) is 6.07 Å². The molecule has 6 nitrogen and oxygen atoms in total. The second-order valence-corrected chi connectivity index (χ2v) is 7.45. The first-order valence-electron chi connectivity index (χ1n) is 9.86. The summed E-state index contributed by atoms with van der Waals surface area (Å²) in [6.07, 6.45) is -0.801. The van der Waals surface area contributed by atoms with Crippen molar-refractivity contribution in [3.8, 4) is 5.69 Å². The van der Waals surface area contributed by atoms with Gasteiger partial charge in [-0.05, 0) is 47.7 Å². The van der Waals surface area contributed by atoms with Gasteiger partial charge in [0.25, 0.3) is 0 Å².